The number of benzene rings is 1. The molecule has 1 aromatic carbocycles. The highest BCUT2D eigenvalue weighted by molar-refractivity contribution is 6.57. The van der Waals surface area contributed by atoms with Gasteiger partial charge in [-0.3, -0.25) is 0 Å². The minimum atomic E-state index is -0.674. The molecule has 0 fully saturated rings. The Hall–Kier alpha value is -1.02. The molecule has 1 nitrogen and oxygen atoms in total. The quantitative estimate of drug-likeness (QED) is 0.608. The summed E-state index contributed by atoms with van der Waals surface area (Å²) in [4.78, 5) is 0. The highest BCUT2D eigenvalue weighted by Crippen LogP contribution is 2.36. The molecule has 17 heavy (non-hydrogen) atoms. The molecule has 0 aliphatic rings. The molecular weight excluding hydrogens is 207 g/mol. The zero-order chi connectivity index (χ0) is 13.1. The summed E-state index contributed by atoms with van der Waals surface area (Å²) in [6.45, 7) is 11.7. The van der Waals surface area contributed by atoms with Gasteiger partial charge in [-0.05, 0) is 31.1 Å². The predicted octanol–water partition coefficient (Wildman–Crippen LogP) is 2.45. The minimum absolute atomic E-state index is 0.132. The normalized spacial score (nSPS) is 12.3. The van der Waals surface area contributed by atoms with Crippen molar-refractivity contribution in [1.82, 2.24) is 0 Å². The Morgan fingerprint density at radius 1 is 1.18 bits per heavy atom. The molecule has 1 N–H and O–H groups in total. The monoisotopic (exact) mass is 230 g/mol. The van der Waals surface area contributed by atoms with Gasteiger partial charge in [-0.2, -0.15) is 0 Å². The first kappa shape index (κ1) is 14.0. The maximum Gasteiger partial charge on any atom is 0.166 e. The second kappa shape index (κ2) is 5.09. The average Bonchev–Trinajstić information content (AvgIpc) is 2.19. The van der Waals surface area contributed by atoms with Gasteiger partial charge in [-0.1, -0.05) is 49.7 Å². The second-order valence-electron chi connectivity index (χ2n) is 5.93. The van der Waals surface area contributed by atoms with Crippen molar-refractivity contribution in [3.05, 3.63) is 42.5 Å². The summed E-state index contributed by atoms with van der Waals surface area (Å²) in [5, 5.41) is 10.0. The molecule has 0 amide bonds. The van der Waals surface area contributed by atoms with Gasteiger partial charge < -0.3 is 5.11 Å². The number of rotatable bonds is 5. The highest BCUT2D eigenvalue weighted by atomic mass is 16.3. The van der Waals surface area contributed by atoms with Crippen molar-refractivity contribution in [2.75, 3.05) is 0 Å². The number of allylic oxidation sites excluding steroid dienone is 1. The highest BCUT2D eigenvalue weighted by Gasteiger charge is 2.35. The van der Waals surface area contributed by atoms with Gasteiger partial charge >= 0.3 is 0 Å². The van der Waals surface area contributed by atoms with Crippen molar-refractivity contribution in [3.63, 3.8) is 0 Å². The third-order valence-corrected chi connectivity index (χ3v) is 3.71. The van der Waals surface area contributed by atoms with Crippen LogP contribution in [0.15, 0.2) is 36.9 Å². The summed E-state index contributed by atoms with van der Waals surface area (Å²) >= 11 is 0. The first-order chi connectivity index (χ1) is 7.76. The third kappa shape index (κ3) is 3.74. The van der Waals surface area contributed by atoms with E-state index >= 15 is 0 Å². The molecule has 0 aliphatic carbocycles. The van der Waals surface area contributed by atoms with E-state index in [0.29, 0.717) is 0 Å². The molecule has 1 aromatic rings. The maximum atomic E-state index is 10.1. The Bertz CT molecular complexity index is 371. The molecule has 0 heterocycles. The van der Waals surface area contributed by atoms with Crippen molar-refractivity contribution in [3.8, 4) is 0 Å². The summed E-state index contributed by atoms with van der Waals surface area (Å²) in [6.07, 6.45) is 2.82. The lowest BCUT2D eigenvalue weighted by molar-refractivity contribution is 0.0410. The van der Waals surface area contributed by atoms with E-state index in [1.807, 2.05) is 19.9 Å². The zero-order valence-electron chi connectivity index (χ0n) is 11.5. The second-order valence-corrected chi connectivity index (χ2v) is 5.93. The lowest BCUT2D eigenvalue weighted by Crippen LogP contribution is -2.41. The summed E-state index contributed by atoms with van der Waals surface area (Å²) in [5.41, 5.74) is 1.88. The van der Waals surface area contributed by atoms with Crippen LogP contribution in [0.25, 0.3) is 0 Å². The van der Waals surface area contributed by atoms with Gasteiger partial charge in [-0.25, -0.2) is 0 Å². The molecule has 92 valence electrons. The van der Waals surface area contributed by atoms with Gasteiger partial charge in [0.2, 0.25) is 0 Å². The van der Waals surface area contributed by atoms with Crippen LogP contribution in [0.2, 0.25) is 5.31 Å². The molecule has 0 atom stereocenters. The Morgan fingerprint density at radius 3 is 2.12 bits per heavy atom. The summed E-state index contributed by atoms with van der Waals surface area (Å²) in [6, 6.07) is 8.56. The maximum absolute atomic E-state index is 10.1. The fraction of sp³-hybridized carbons (Fsp3) is 0.467. The van der Waals surface area contributed by atoms with Crippen LogP contribution in [0.1, 0.15) is 33.3 Å². The average molecular weight is 230 g/mol. The molecule has 0 aromatic heterocycles. The van der Waals surface area contributed by atoms with Crippen LogP contribution >= 0.6 is 0 Å². The molecule has 0 unspecified atom stereocenters. The first-order valence-electron chi connectivity index (χ1n) is 6.17. The van der Waals surface area contributed by atoms with Crippen molar-refractivity contribution in [2.24, 2.45) is 0 Å². The smallest absolute Gasteiger partial charge is 0.166 e. The Kier molecular flexibility index (Phi) is 4.21. The fourth-order valence-electron chi connectivity index (χ4n) is 1.69. The number of hydrogen-bond donors (Lipinski definition) is 1. The van der Waals surface area contributed by atoms with Gasteiger partial charge in [0.1, 0.15) is 0 Å². The van der Waals surface area contributed by atoms with Crippen LogP contribution in [0, 0.1) is 0 Å². The van der Waals surface area contributed by atoms with Gasteiger partial charge in [0.15, 0.2) is 7.28 Å². The fourth-order valence-corrected chi connectivity index (χ4v) is 1.69. The van der Waals surface area contributed by atoms with E-state index in [0.717, 1.165) is 13.7 Å². The zero-order valence-corrected chi connectivity index (χ0v) is 11.5. The van der Waals surface area contributed by atoms with E-state index in [9.17, 15) is 5.11 Å². The molecule has 0 aliphatic heterocycles. The van der Waals surface area contributed by atoms with Crippen LogP contribution in [-0.4, -0.2) is 18.0 Å². The largest absolute Gasteiger partial charge is 0.391 e. The summed E-state index contributed by atoms with van der Waals surface area (Å²) in [5.74, 6) is 0. The van der Waals surface area contributed by atoms with E-state index in [1.54, 1.807) is 0 Å². The van der Waals surface area contributed by atoms with Crippen molar-refractivity contribution in [1.29, 1.82) is 0 Å². The van der Waals surface area contributed by atoms with E-state index in [4.69, 9.17) is 0 Å². The Balaban J connectivity index is 2.79. The lowest BCUT2D eigenvalue weighted by atomic mass is 9.45. The van der Waals surface area contributed by atoms with Crippen molar-refractivity contribution in [2.45, 2.75) is 45.0 Å². The van der Waals surface area contributed by atoms with E-state index in [-0.39, 0.29) is 5.31 Å². The molecule has 0 bridgehead atoms. The van der Waals surface area contributed by atoms with Crippen LogP contribution in [-0.2, 0) is 6.42 Å². The molecular formula is C15H23BO. The molecule has 0 spiro atoms. The Labute approximate surface area is 106 Å². The summed E-state index contributed by atoms with van der Waals surface area (Å²) in [7, 11) is 0.880. The van der Waals surface area contributed by atoms with Crippen LogP contribution in [0.4, 0.5) is 0 Å². The topological polar surface area (TPSA) is 20.2 Å². The molecule has 0 saturated heterocycles. The van der Waals surface area contributed by atoms with E-state index in [1.165, 1.54) is 11.0 Å². The van der Waals surface area contributed by atoms with Crippen LogP contribution in [0.5, 0.6) is 0 Å². The number of aliphatic hydroxyl groups is 1. The van der Waals surface area contributed by atoms with E-state index in [2.05, 4.69) is 44.7 Å². The molecule has 0 saturated carbocycles. The number of hydrogen-bond acceptors (Lipinski definition) is 1. The lowest BCUT2D eigenvalue weighted by Gasteiger charge is -2.37. The predicted molar refractivity (Wildman–Crippen MR) is 77.5 cm³/mol. The molecule has 0 radical (unpaired) electrons. The van der Waals surface area contributed by atoms with E-state index < -0.39 is 5.60 Å². The van der Waals surface area contributed by atoms with Gasteiger partial charge in [0.05, 0.1) is 5.60 Å². The Morgan fingerprint density at radius 2 is 1.71 bits per heavy atom. The molecule has 1 rings (SSSR count). The summed E-state index contributed by atoms with van der Waals surface area (Å²) < 4.78 is 0. The molecule has 2 heteroatoms. The van der Waals surface area contributed by atoms with Gasteiger partial charge in [-0.15, -0.1) is 6.58 Å². The van der Waals surface area contributed by atoms with Crippen molar-refractivity contribution < 1.29 is 5.11 Å². The van der Waals surface area contributed by atoms with Crippen LogP contribution in [0.3, 0.4) is 0 Å². The first-order valence-corrected chi connectivity index (χ1v) is 6.17. The SMILES string of the molecule is C=CCc1ccc(BC(C)(C)C(C)(C)O)cc1. The van der Waals surface area contributed by atoms with Crippen molar-refractivity contribution >= 4 is 12.7 Å². The van der Waals surface area contributed by atoms with Gasteiger partial charge in [0.25, 0.3) is 0 Å². The minimum Gasteiger partial charge on any atom is -0.391 e. The van der Waals surface area contributed by atoms with Gasteiger partial charge in [0, 0.05) is 0 Å². The standard InChI is InChI=1S/C15H23BO/c1-6-7-12-8-10-13(11-9-12)16-14(2,3)15(4,5)17/h6,8-11,16-17H,1,7H2,2-5H3. The third-order valence-electron chi connectivity index (χ3n) is 3.71. The van der Waals surface area contributed by atoms with Crippen LogP contribution < -0.4 is 5.46 Å².